The van der Waals surface area contributed by atoms with Crippen molar-refractivity contribution < 1.29 is 4.42 Å². The molecule has 3 aromatic heterocycles. The van der Waals surface area contributed by atoms with Crippen molar-refractivity contribution in [2.24, 2.45) is 0 Å². The lowest BCUT2D eigenvalue weighted by Gasteiger charge is -2.18. The summed E-state index contributed by atoms with van der Waals surface area (Å²) < 4.78 is 10.2. The fraction of sp³-hybridized carbons (Fsp3) is 0. The Morgan fingerprint density at radius 2 is 1.04 bits per heavy atom. The first-order valence-corrected chi connectivity index (χ1v) is 19.4. The van der Waals surface area contributed by atoms with Crippen LogP contribution < -0.4 is 0 Å². The van der Waals surface area contributed by atoms with Gasteiger partial charge in [0, 0.05) is 32.8 Å². The molecule has 0 bridgehead atoms. The van der Waals surface area contributed by atoms with Crippen LogP contribution in [0, 0.1) is 0 Å². The standard InChI is InChI=1S/C51H30N2OS/c1-2-14-33(15-3-1)53-43-23-11-8-16-34(43)35-27-26-31(29-44(35)53)48-36-17-4-6-19-38(36)49(39-20-7-5-18-37(39)48)32-28-41(51-52-42-22-10-13-25-47(42)55-51)50-40-21-9-12-24-45(40)54-46(50)30-32/h1-30H. The number of furan rings is 1. The Balaban J connectivity index is 1.16. The highest BCUT2D eigenvalue weighted by atomic mass is 32.1. The van der Waals surface area contributed by atoms with Crippen molar-refractivity contribution in [3.05, 3.63) is 182 Å². The van der Waals surface area contributed by atoms with E-state index in [4.69, 9.17) is 9.40 Å². The first-order chi connectivity index (χ1) is 27.3. The molecule has 9 aromatic carbocycles. The van der Waals surface area contributed by atoms with Gasteiger partial charge in [0.2, 0.25) is 0 Å². The molecular weight excluding hydrogens is 689 g/mol. The van der Waals surface area contributed by atoms with Crippen LogP contribution in [-0.2, 0) is 0 Å². The summed E-state index contributed by atoms with van der Waals surface area (Å²) in [7, 11) is 0. The molecule has 4 heteroatoms. The number of thiazole rings is 1. The van der Waals surface area contributed by atoms with Gasteiger partial charge in [-0.25, -0.2) is 4.98 Å². The first kappa shape index (κ1) is 30.5. The van der Waals surface area contributed by atoms with Crippen LogP contribution in [0.25, 0.3) is 114 Å². The number of fused-ring (bicyclic) bond motifs is 9. The first-order valence-electron chi connectivity index (χ1n) is 18.6. The van der Waals surface area contributed by atoms with E-state index in [-0.39, 0.29) is 0 Å². The van der Waals surface area contributed by atoms with Crippen LogP contribution in [0.15, 0.2) is 186 Å². The largest absolute Gasteiger partial charge is 0.456 e. The second kappa shape index (κ2) is 11.7. The molecule has 0 aliphatic rings. The summed E-state index contributed by atoms with van der Waals surface area (Å²) in [6.07, 6.45) is 0. The molecule has 12 aromatic rings. The number of hydrogen-bond acceptors (Lipinski definition) is 3. The second-order valence-corrected chi connectivity index (χ2v) is 15.3. The molecule has 0 aliphatic heterocycles. The Morgan fingerprint density at radius 3 is 1.78 bits per heavy atom. The number of rotatable bonds is 4. The van der Waals surface area contributed by atoms with Gasteiger partial charge in [0.15, 0.2) is 0 Å². The van der Waals surface area contributed by atoms with E-state index < -0.39 is 0 Å². The highest BCUT2D eigenvalue weighted by Gasteiger charge is 2.22. The molecule has 3 heterocycles. The van der Waals surface area contributed by atoms with Crippen molar-refractivity contribution in [3.8, 4) is 38.5 Å². The van der Waals surface area contributed by atoms with E-state index in [2.05, 4.69) is 180 Å². The van der Waals surface area contributed by atoms with Gasteiger partial charge in [-0.3, -0.25) is 0 Å². The van der Waals surface area contributed by atoms with Gasteiger partial charge in [0.25, 0.3) is 0 Å². The zero-order valence-electron chi connectivity index (χ0n) is 29.5. The fourth-order valence-electron chi connectivity index (χ4n) is 8.89. The molecule has 0 radical (unpaired) electrons. The number of para-hydroxylation sites is 4. The van der Waals surface area contributed by atoms with E-state index >= 15 is 0 Å². The molecule has 0 N–H and O–H groups in total. The zero-order valence-corrected chi connectivity index (χ0v) is 30.3. The van der Waals surface area contributed by atoms with Gasteiger partial charge in [-0.2, -0.15) is 0 Å². The average Bonchev–Trinajstić information content (AvgIpc) is 3.94. The number of benzene rings is 9. The van der Waals surface area contributed by atoms with Crippen molar-refractivity contribution in [3.63, 3.8) is 0 Å². The minimum Gasteiger partial charge on any atom is -0.456 e. The molecule has 3 nitrogen and oxygen atoms in total. The second-order valence-electron chi connectivity index (χ2n) is 14.2. The molecule has 0 spiro atoms. The normalized spacial score (nSPS) is 12.0. The Hall–Kier alpha value is -7.01. The van der Waals surface area contributed by atoms with Gasteiger partial charge in [0.1, 0.15) is 16.2 Å². The number of hydrogen-bond donors (Lipinski definition) is 0. The van der Waals surface area contributed by atoms with Gasteiger partial charge >= 0.3 is 0 Å². The van der Waals surface area contributed by atoms with Crippen LogP contribution in [0.1, 0.15) is 0 Å². The molecule has 0 atom stereocenters. The van der Waals surface area contributed by atoms with Crippen molar-refractivity contribution in [2.45, 2.75) is 0 Å². The third-order valence-electron chi connectivity index (χ3n) is 11.2. The highest BCUT2D eigenvalue weighted by molar-refractivity contribution is 7.21. The van der Waals surface area contributed by atoms with Crippen LogP contribution >= 0.6 is 11.3 Å². The van der Waals surface area contributed by atoms with E-state index in [9.17, 15) is 0 Å². The minimum atomic E-state index is 0.865. The molecule has 0 aliphatic carbocycles. The van der Waals surface area contributed by atoms with Gasteiger partial charge in [-0.1, -0.05) is 127 Å². The van der Waals surface area contributed by atoms with Crippen LogP contribution in [0.2, 0.25) is 0 Å². The summed E-state index contributed by atoms with van der Waals surface area (Å²) in [4.78, 5) is 5.18. The maximum absolute atomic E-state index is 6.66. The summed E-state index contributed by atoms with van der Waals surface area (Å²) in [5.41, 5.74) is 12.1. The molecular formula is C51H30N2OS. The van der Waals surface area contributed by atoms with E-state index in [1.54, 1.807) is 11.3 Å². The number of nitrogens with zero attached hydrogens (tertiary/aromatic N) is 2. The van der Waals surface area contributed by atoms with Crippen LogP contribution in [0.5, 0.6) is 0 Å². The average molecular weight is 719 g/mol. The highest BCUT2D eigenvalue weighted by Crippen LogP contribution is 2.48. The Kier molecular flexibility index (Phi) is 6.50. The zero-order chi connectivity index (χ0) is 36.0. The number of aromatic nitrogens is 2. The van der Waals surface area contributed by atoms with E-state index in [1.807, 2.05) is 6.07 Å². The molecule has 0 saturated heterocycles. The van der Waals surface area contributed by atoms with E-state index in [0.29, 0.717) is 0 Å². The summed E-state index contributed by atoms with van der Waals surface area (Å²) in [5, 5.41) is 10.5. The van der Waals surface area contributed by atoms with Gasteiger partial charge in [0.05, 0.1) is 21.3 Å². The smallest absolute Gasteiger partial charge is 0.136 e. The summed E-state index contributed by atoms with van der Waals surface area (Å²) in [5.74, 6) is 0. The molecule has 0 unspecified atom stereocenters. The van der Waals surface area contributed by atoms with Gasteiger partial charge in [-0.05, 0) is 98.4 Å². The summed E-state index contributed by atoms with van der Waals surface area (Å²) >= 11 is 1.73. The topological polar surface area (TPSA) is 31.0 Å². The lowest BCUT2D eigenvalue weighted by atomic mass is 9.85. The minimum absolute atomic E-state index is 0.865. The predicted octanol–water partition coefficient (Wildman–Crippen LogP) is 14.6. The molecule has 0 saturated carbocycles. The summed E-state index contributed by atoms with van der Waals surface area (Å²) in [6, 6.07) is 65.5. The van der Waals surface area contributed by atoms with Crippen LogP contribution in [0.3, 0.4) is 0 Å². The van der Waals surface area contributed by atoms with E-state index in [0.717, 1.165) is 49.3 Å². The summed E-state index contributed by atoms with van der Waals surface area (Å²) in [6.45, 7) is 0. The fourth-order valence-corrected chi connectivity index (χ4v) is 9.87. The van der Waals surface area contributed by atoms with Crippen molar-refractivity contribution in [1.29, 1.82) is 0 Å². The van der Waals surface area contributed by atoms with Gasteiger partial charge < -0.3 is 8.98 Å². The SMILES string of the molecule is c1ccc(-n2c3ccccc3c3ccc(-c4c5ccccc5c(-c5cc(-c6nc7ccccc7s6)c6c(c5)oc5ccccc56)c5ccccc45)cc32)cc1. The lowest BCUT2D eigenvalue weighted by molar-refractivity contribution is 0.669. The third-order valence-corrected chi connectivity index (χ3v) is 12.3. The maximum atomic E-state index is 6.66. The van der Waals surface area contributed by atoms with Crippen molar-refractivity contribution in [2.75, 3.05) is 0 Å². The van der Waals surface area contributed by atoms with E-state index in [1.165, 1.54) is 64.7 Å². The Morgan fingerprint density at radius 1 is 0.436 bits per heavy atom. The molecule has 256 valence electrons. The van der Waals surface area contributed by atoms with Gasteiger partial charge in [-0.15, -0.1) is 11.3 Å². The quantitative estimate of drug-likeness (QED) is 0.170. The predicted molar refractivity (Wildman–Crippen MR) is 233 cm³/mol. The molecule has 0 fully saturated rings. The van der Waals surface area contributed by atoms with Crippen molar-refractivity contribution in [1.82, 2.24) is 9.55 Å². The monoisotopic (exact) mass is 718 g/mol. The third kappa shape index (κ3) is 4.52. The molecule has 55 heavy (non-hydrogen) atoms. The Labute approximate surface area is 320 Å². The van der Waals surface area contributed by atoms with Crippen LogP contribution in [-0.4, -0.2) is 9.55 Å². The molecule has 12 rings (SSSR count). The molecule has 0 amide bonds. The Bertz CT molecular complexity index is 3410. The lowest BCUT2D eigenvalue weighted by Crippen LogP contribution is -1.94. The maximum Gasteiger partial charge on any atom is 0.136 e. The van der Waals surface area contributed by atoms with Crippen molar-refractivity contribution >= 4 is 86.8 Å². The van der Waals surface area contributed by atoms with Crippen LogP contribution in [0.4, 0.5) is 0 Å².